The van der Waals surface area contributed by atoms with Crippen molar-refractivity contribution >= 4 is 40.4 Å². The van der Waals surface area contributed by atoms with Crippen molar-refractivity contribution in [3.8, 4) is 0 Å². The fourth-order valence-corrected chi connectivity index (χ4v) is 10.3. The molecule has 0 N–H and O–H groups in total. The molecule has 0 fully saturated rings. The van der Waals surface area contributed by atoms with Crippen molar-refractivity contribution < 1.29 is 29.7 Å². The van der Waals surface area contributed by atoms with Crippen molar-refractivity contribution in [2.45, 2.75) is 417 Å². The maximum atomic E-state index is 10.2. The van der Waals surface area contributed by atoms with Crippen LogP contribution in [0.2, 0.25) is 3.43 Å². The van der Waals surface area contributed by atoms with E-state index in [1.165, 1.54) is 315 Å². The summed E-state index contributed by atoms with van der Waals surface area (Å²) in [5.41, 5.74) is 0. The molecule has 0 bridgehead atoms. The van der Waals surface area contributed by atoms with Gasteiger partial charge >= 0.3 is 111 Å². The van der Waals surface area contributed by atoms with Crippen LogP contribution < -0.4 is 15.3 Å². The van der Waals surface area contributed by atoms with Gasteiger partial charge in [-0.05, 0) is 38.5 Å². The molecule has 0 aliphatic rings. The summed E-state index contributed by atoms with van der Waals surface area (Å²) < 4.78 is 0.633. The second-order valence-corrected chi connectivity index (χ2v) is 27.5. The number of hydrogen-bond donors (Lipinski definition) is 0. The summed E-state index contributed by atoms with van der Waals surface area (Å²) in [6.07, 6.45) is 74.1. The van der Waals surface area contributed by atoms with Crippen LogP contribution >= 0.6 is 0 Å². The van der Waals surface area contributed by atoms with Crippen LogP contribution in [0.1, 0.15) is 414 Å². The van der Waals surface area contributed by atoms with E-state index < -0.39 is 17.9 Å². The SMILES string of the molecule is CCCCCCCCCCCCCCCCCC(=O)[O-].CCCCCCCCCCCCCCCCCC(=O)[O-].CCCCCCCCCCCCCCCCCC(=O)[O-].CCCCCCCCCCC[C](C)(C)[Sn+3]. The molecule has 6 nitrogen and oxygen atoms in total. The molecule has 0 heterocycles. The van der Waals surface area contributed by atoms with E-state index in [-0.39, 0.29) is 19.3 Å². The van der Waals surface area contributed by atoms with Gasteiger partial charge in [-0.2, -0.15) is 0 Å². The molecular weight excluding hydrogens is 1030 g/mol. The van der Waals surface area contributed by atoms with Crippen molar-refractivity contribution in [3.05, 3.63) is 0 Å². The Morgan fingerprint density at radius 3 is 0.480 bits per heavy atom. The summed E-state index contributed by atoms with van der Waals surface area (Å²) in [6, 6.07) is 0. The van der Waals surface area contributed by atoms with Crippen LogP contribution in [0.5, 0.6) is 0 Å². The Morgan fingerprint density at radius 1 is 0.240 bits per heavy atom. The number of carboxylic acid groups (broad SMARTS) is 3. The van der Waals surface area contributed by atoms with E-state index >= 15 is 0 Å². The molecule has 446 valence electrons. The summed E-state index contributed by atoms with van der Waals surface area (Å²) in [6.45, 7) is 13.9. The van der Waals surface area contributed by atoms with Crippen LogP contribution in [0.25, 0.3) is 0 Å². The van der Waals surface area contributed by atoms with Gasteiger partial charge in [-0.25, -0.2) is 0 Å². The Balaban J connectivity index is -0.000000451. The Bertz CT molecular complexity index is 954. The summed E-state index contributed by atoms with van der Waals surface area (Å²) in [7, 11) is 0. The van der Waals surface area contributed by atoms with E-state index in [1.807, 2.05) is 0 Å². The molecule has 7 heteroatoms. The molecule has 0 aliphatic carbocycles. The van der Waals surface area contributed by atoms with Gasteiger partial charge in [0, 0.05) is 17.9 Å². The molecular formula is C68H134O6Sn. The van der Waals surface area contributed by atoms with Crippen LogP contribution in [-0.4, -0.2) is 40.4 Å². The second-order valence-electron chi connectivity index (χ2n) is 23.7. The molecule has 0 aromatic heterocycles. The molecule has 0 saturated heterocycles. The van der Waals surface area contributed by atoms with Gasteiger partial charge in [-0.3, -0.25) is 0 Å². The van der Waals surface area contributed by atoms with E-state index in [1.54, 1.807) is 22.5 Å². The first-order chi connectivity index (χ1) is 36.4. The third-order valence-corrected chi connectivity index (χ3v) is 15.6. The topological polar surface area (TPSA) is 120 Å². The van der Waals surface area contributed by atoms with Gasteiger partial charge in [0.1, 0.15) is 0 Å². The van der Waals surface area contributed by atoms with E-state index in [4.69, 9.17) is 0 Å². The number of hydrogen-bond acceptors (Lipinski definition) is 6. The molecule has 75 heavy (non-hydrogen) atoms. The second kappa shape index (κ2) is 73.2. The van der Waals surface area contributed by atoms with Crippen molar-refractivity contribution in [3.63, 3.8) is 0 Å². The molecule has 0 atom stereocenters. The van der Waals surface area contributed by atoms with Crippen LogP contribution in [0.4, 0.5) is 0 Å². The monoisotopic (exact) mass is 1170 g/mol. The first kappa shape index (κ1) is 80.7. The van der Waals surface area contributed by atoms with Gasteiger partial charge in [0.2, 0.25) is 0 Å². The predicted octanol–water partition coefficient (Wildman–Crippen LogP) is 20.3. The summed E-state index contributed by atoms with van der Waals surface area (Å²) in [4.78, 5) is 30.7. The summed E-state index contributed by atoms with van der Waals surface area (Å²) >= 11 is 1.70. The molecule has 0 radical (unpaired) electrons. The minimum atomic E-state index is -0.903. The Labute approximate surface area is 484 Å². The van der Waals surface area contributed by atoms with E-state index in [0.29, 0.717) is 3.43 Å². The number of aliphatic carboxylic acids is 3. The number of carboxylic acids is 3. The summed E-state index contributed by atoms with van der Waals surface area (Å²) in [5.74, 6) is -2.71. The molecule has 0 unspecified atom stereocenters. The molecule has 0 aromatic carbocycles. The molecule has 0 aromatic rings. The zero-order valence-electron chi connectivity index (χ0n) is 52.0. The minimum absolute atomic E-state index is 0.234. The van der Waals surface area contributed by atoms with Gasteiger partial charge in [0.15, 0.2) is 0 Å². The molecule has 0 amide bonds. The van der Waals surface area contributed by atoms with Crippen molar-refractivity contribution in [2.75, 3.05) is 0 Å². The standard InChI is InChI=1S/3C18H36O2.C14H29.Sn/c3*1-2-3-4-5-6-7-8-9-10-11-12-13-14-15-16-17-18(19)20;1-4-5-6-7-8-9-10-11-12-13-14(2)3;/h3*2-17H2,1H3,(H,19,20);4-13H2,1-3H3;/q;;;;+3/p-3. The van der Waals surface area contributed by atoms with E-state index in [2.05, 4.69) is 41.5 Å². The average Bonchev–Trinajstić information content (AvgIpc) is 3.37. The van der Waals surface area contributed by atoms with Gasteiger partial charge in [-0.1, -0.05) is 290 Å². The predicted molar refractivity (Wildman–Crippen MR) is 325 cm³/mol. The van der Waals surface area contributed by atoms with Gasteiger partial charge in [0.05, 0.1) is 0 Å². The van der Waals surface area contributed by atoms with Crippen LogP contribution in [0.15, 0.2) is 0 Å². The van der Waals surface area contributed by atoms with Crippen molar-refractivity contribution in [2.24, 2.45) is 0 Å². The quantitative estimate of drug-likeness (QED) is 0.0442. The van der Waals surface area contributed by atoms with Gasteiger partial charge < -0.3 is 29.7 Å². The normalized spacial score (nSPS) is 11.1. The van der Waals surface area contributed by atoms with Gasteiger partial charge in [0.25, 0.3) is 0 Å². The fraction of sp³-hybridized carbons (Fsp3) is 0.956. The number of carbonyl (C=O) groups is 3. The fourth-order valence-electron chi connectivity index (χ4n) is 9.80. The first-order valence-electron chi connectivity index (χ1n) is 33.7. The third kappa shape index (κ3) is 95.9. The van der Waals surface area contributed by atoms with Crippen molar-refractivity contribution in [1.29, 1.82) is 0 Å². The summed E-state index contributed by atoms with van der Waals surface area (Å²) in [5, 5.41) is 30.7. The van der Waals surface area contributed by atoms with Gasteiger partial charge in [-0.15, -0.1) is 0 Å². The molecule has 0 saturated carbocycles. The zero-order valence-corrected chi connectivity index (χ0v) is 54.8. The zero-order chi connectivity index (χ0) is 56.2. The van der Waals surface area contributed by atoms with Crippen LogP contribution in [0, 0.1) is 0 Å². The van der Waals surface area contributed by atoms with Crippen LogP contribution in [-0.2, 0) is 14.4 Å². The van der Waals surface area contributed by atoms with E-state index in [0.717, 1.165) is 38.5 Å². The Hall–Kier alpha value is -0.791. The molecule has 0 aliphatic heterocycles. The van der Waals surface area contributed by atoms with E-state index in [9.17, 15) is 29.7 Å². The average molecular weight is 1170 g/mol. The Morgan fingerprint density at radius 2 is 0.360 bits per heavy atom. The van der Waals surface area contributed by atoms with Crippen molar-refractivity contribution in [1.82, 2.24) is 0 Å². The Kier molecular flexibility index (Phi) is 78.8. The molecule has 0 spiro atoms. The number of rotatable bonds is 58. The maximum absolute atomic E-state index is 10.2. The number of unbranched alkanes of at least 4 members (excludes halogenated alkanes) is 50. The molecule has 0 rings (SSSR count). The first-order valence-corrected chi connectivity index (χ1v) is 35.1. The third-order valence-electron chi connectivity index (χ3n) is 14.9. The van der Waals surface area contributed by atoms with Crippen LogP contribution in [0.3, 0.4) is 0 Å². The number of carbonyl (C=O) groups excluding carboxylic acids is 3.